The number of carboxylic acid groups (broad SMARTS) is 1. The Hall–Kier alpha value is -1.62. The van der Waals surface area contributed by atoms with E-state index < -0.39 is 5.97 Å². The monoisotopic (exact) mass is 238 g/mol. The number of carbonyl (C=O) groups is 1. The van der Waals surface area contributed by atoms with Gasteiger partial charge in [-0.1, -0.05) is 0 Å². The van der Waals surface area contributed by atoms with Gasteiger partial charge in [0.25, 0.3) is 0 Å². The van der Waals surface area contributed by atoms with Gasteiger partial charge in [0.05, 0.1) is 5.56 Å². The van der Waals surface area contributed by atoms with Crippen molar-refractivity contribution >= 4 is 11.8 Å². The summed E-state index contributed by atoms with van der Waals surface area (Å²) in [5.74, 6) is -0.242. The Bertz CT molecular complexity index is 363. The molecule has 2 N–H and O–H groups in total. The molecule has 0 atom stereocenters. The number of aliphatic hydroxyl groups is 1. The van der Waals surface area contributed by atoms with Crippen molar-refractivity contribution in [1.29, 1.82) is 0 Å². The van der Waals surface area contributed by atoms with E-state index in [1.165, 1.54) is 6.20 Å². The van der Waals surface area contributed by atoms with Crippen LogP contribution in [0.3, 0.4) is 0 Å². The third-order valence-electron chi connectivity index (χ3n) is 2.47. The molecule has 0 bridgehead atoms. The van der Waals surface area contributed by atoms with Gasteiger partial charge in [-0.2, -0.15) is 0 Å². The van der Waals surface area contributed by atoms with Crippen molar-refractivity contribution in [2.45, 2.75) is 26.3 Å². The van der Waals surface area contributed by atoms with Crippen molar-refractivity contribution in [3.63, 3.8) is 0 Å². The molecule has 94 valence electrons. The Kier molecular flexibility index (Phi) is 4.90. The highest BCUT2D eigenvalue weighted by Crippen LogP contribution is 2.14. The average molecular weight is 238 g/mol. The van der Waals surface area contributed by atoms with Gasteiger partial charge in [-0.05, 0) is 32.4 Å². The molecule has 0 radical (unpaired) electrons. The zero-order chi connectivity index (χ0) is 12.8. The van der Waals surface area contributed by atoms with E-state index in [1.54, 1.807) is 12.1 Å². The van der Waals surface area contributed by atoms with Crippen LogP contribution < -0.4 is 4.90 Å². The molecule has 0 spiro atoms. The number of pyridine rings is 1. The van der Waals surface area contributed by atoms with Crippen LogP contribution in [-0.4, -0.2) is 40.4 Å². The van der Waals surface area contributed by atoms with E-state index in [1.807, 2.05) is 18.7 Å². The molecule has 17 heavy (non-hydrogen) atoms. The summed E-state index contributed by atoms with van der Waals surface area (Å²) in [5.41, 5.74) is 0.180. The van der Waals surface area contributed by atoms with Crippen molar-refractivity contribution in [2.75, 3.05) is 18.1 Å². The molecule has 5 nitrogen and oxygen atoms in total. The summed E-state index contributed by atoms with van der Waals surface area (Å²) < 4.78 is 0. The Morgan fingerprint density at radius 3 is 2.59 bits per heavy atom. The fourth-order valence-electron chi connectivity index (χ4n) is 1.56. The predicted octanol–water partition coefficient (Wildman–Crippen LogP) is 1.38. The number of aromatic nitrogens is 1. The molecular formula is C12H18N2O3. The molecule has 0 fully saturated rings. The van der Waals surface area contributed by atoms with Crippen LogP contribution in [0.1, 0.15) is 30.6 Å². The summed E-state index contributed by atoms with van der Waals surface area (Å²) in [4.78, 5) is 16.9. The van der Waals surface area contributed by atoms with Crippen LogP contribution in [0.25, 0.3) is 0 Å². The van der Waals surface area contributed by atoms with E-state index >= 15 is 0 Å². The lowest BCUT2D eigenvalue weighted by Gasteiger charge is -2.27. The van der Waals surface area contributed by atoms with Crippen molar-refractivity contribution in [1.82, 2.24) is 4.98 Å². The molecule has 0 saturated heterocycles. The number of hydrogen-bond donors (Lipinski definition) is 2. The second-order valence-corrected chi connectivity index (χ2v) is 4.07. The van der Waals surface area contributed by atoms with Gasteiger partial charge >= 0.3 is 5.97 Å². The maximum Gasteiger partial charge on any atom is 0.337 e. The maximum absolute atomic E-state index is 10.7. The van der Waals surface area contributed by atoms with E-state index in [-0.39, 0.29) is 18.2 Å². The Morgan fingerprint density at radius 1 is 1.47 bits per heavy atom. The highest BCUT2D eigenvalue weighted by molar-refractivity contribution is 5.87. The van der Waals surface area contributed by atoms with E-state index in [0.717, 1.165) is 5.82 Å². The third-order valence-corrected chi connectivity index (χ3v) is 2.47. The minimum absolute atomic E-state index is 0.135. The smallest absolute Gasteiger partial charge is 0.337 e. The van der Waals surface area contributed by atoms with E-state index in [9.17, 15) is 4.79 Å². The van der Waals surface area contributed by atoms with Gasteiger partial charge < -0.3 is 15.1 Å². The number of anilines is 1. The normalized spacial score (nSPS) is 10.6. The molecule has 1 aromatic rings. The highest BCUT2D eigenvalue weighted by atomic mass is 16.4. The lowest BCUT2D eigenvalue weighted by atomic mass is 10.2. The molecular weight excluding hydrogens is 220 g/mol. The summed E-state index contributed by atoms with van der Waals surface area (Å²) in [6.07, 6.45) is 2.02. The van der Waals surface area contributed by atoms with E-state index in [2.05, 4.69) is 4.98 Å². The zero-order valence-corrected chi connectivity index (χ0v) is 10.1. The molecule has 0 aliphatic heterocycles. The number of rotatable bonds is 6. The highest BCUT2D eigenvalue weighted by Gasteiger charge is 2.12. The van der Waals surface area contributed by atoms with E-state index in [4.69, 9.17) is 10.2 Å². The number of hydrogen-bond acceptors (Lipinski definition) is 4. The first kappa shape index (κ1) is 13.4. The quantitative estimate of drug-likeness (QED) is 0.783. The largest absolute Gasteiger partial charge is 0.478 e. The van der Waals surface area contributed by atoms with Crippen molar-refractivity contribution in [3.05, 3.63) is 23.9 Å². The average Bonchev–Trinajstić information content (AvgIpc) is 2.29. The summed E-state index contributed by atoms with van der Waals surface area (Å²) >= 11 is 0. The minimum atomic E-state index is -0.976. The predicted molar refractivity (Wildman–Crippen MR) is 65.4 cm³/mol. The number of nitrogens with zero attached hydrogens (tertiary/aromatic N) is 2. The summed E-state index contributed by atoms with van der Waals surface area (Å²) in [5, 5.41) is 17.6. The van der Waals surface area contributed by atoms with Gasteiger partial charge in [-0.25, -0.2) is 9.78 Å². The van der Waals surface area contributed by atoms with Crippen LogP contribution in [0.15, 0.2) is 18.3 Å². The van der Waals surface area contributed by atoms with Gasteiger partial charge in [0, 0.05) is 25.4 Å². The lowest BCUT2D eigenvalue weighted by Crippen LogP contribution is -2.32. The molecule has 1 rings (SSSR count). The topological polar surface area (TPSA) is 73.7 Å². The molecule has 1 aromatic heterocycles. The van der Waals surface area contributed by atoms with E-state index in [0.29, 0.717) is 13.0 Å². The van der Waals surface area contributed by atoms with Gasteiger partial charge in [0.1, 0.15) is 5.82 Å². The van der Waals surface area contributed by atoms with Crippen molar-refractivity contribution in [3.8, 4) is 0 Å². The zero-order valence-electron chi connectivity index (χ0n) is 10.1. The summed E-state index contributed by atoms with van der Waals surface area (Å²) in [6.45, 7) is 4.90. The van der Waals surface area contributed by atoms with Crippen LogP contribution in [0, 0.1) is 0 Å². The maximum atomic E-state index is 10.7. The number of aliphatic hydroxyl groups excluding tert-OH is 1. The van der Waals surface area contributed by atoms with Crippen molar-refractivity contribution < 1.29 is 15.0 Å². The second-order valence-electron chi connectivity index (χ2n) is 4.07. The molecule has 5 heteroatoms. The van der Waals surface area contributed by atoms with Crippen LogP contribution >= 0.6 is 0 Å². The Balaban J connectivity index is 2.83. The van der Waals surface area contributed by atoms with Crippen molar-refractivity contribution in [2.24, 2.45) is 0 Å². The van der Waals surface area contributed by atoms with Gasteiger partial charge in [0.15, 0.2) is 0 Å². The lowest BCUT2D eigenvalue weighted by molar-refractivity contribution is 0.0696. The SMILES string of the molecule is CC(C)N(CCCO)c1ccc(C(=O)O)cn1. The molecule has 0 aromatic carbocycles. The van der Waals surface area contributed by atoms with Crippen LogP contribution in [0.4, 0.5) is 5.82 Å². The van der Waals surface area contributed by atoms with Crippen LogP contribution in [0.5, 0.6) is 0 Å². The standard InChI is InChI=1S/C12H18N2O3/c1-9(2)14(6-3-7-15)11-5-4-10(8-13-11)12(16)17/h4-5,8-9,15H,3,6-7H2,1-2H3,(H,16,17). The summed E-state index contributed by atoms with van der Waals surface area (Å²) in [7, 11) is 0. The first-order valence-electron chi connectivity index (χ1n) is 5.63. The fraction of sp³-hybridized carbons (Fsp3) is 0.500. The molecule has 0 aliphatic carbocycles. The first-order valence-corrected chi connectivity index (χ1v) is 5.63. The molecule has 0 aliphatic rings. The van der Waals surface area contributed by atoms with Gasteiger partial charge in [-0.15, -0.1) is 0 Å². The summed E-state index contributed by atoms with van der Waals surface area (Å²) in [6, 6.07) is 3.49. The van der Waals surface area contributed by atoms with Gasteiger partial charge in [-0.3, -0.25) is 0 Å². The first-order chi connectivity index (χ1) is 8.06. The van der Waals surface area contributed by atoms with Crippen LogP contribution in [-0.2, 0) is 0 Å². The Labute approximate surface area is 101 Å². The molecule has 0 amide bonds. The second kappa shape index (κ2) is 6.20. The molecule has 1 heterocycles. The number of aromatic carboxylic acids is 1. The fourth-order valence-corrected chi connectivity index (χ4v) is 1.56. The Morgan fingerprint density at radius 2 is 2.18 bits per heavy atom. The van der Waals surface area contributed by atoms with Crippen LogP contribution in [0.2, 0.25) is 0 Å². The molecule has 0 unspecified atom stereocenters. The minimum Gasteiger partial charge on any atom is -0.478 e. The molecule has 0 saturated carbocycles. The number of carboxylic acids is 1. The third kappa shape index (κ3) is 3.71. The van der Waals surface area contributed by atoms with Gasteiger partial charge in [0.2, 0.25) is 0 Å².